The van der Waals surface area contributed by atoms with Gasteiger partial charge in [-0.2, -0.15) is 5.26 Å². The summed E-state index contributed by atoms with van der Waals surface area (Å²) in [7, 11) is 1.59. The molecule has 30 heavy (non-hydrogen) atoms. The van der Waals surface area contributed by atoms with Gasteiger partial charge in [-0.1, -0.05) is 6.07 Å². The van der Waals surface area contributed by atoms with Gasteiger partial charge < -0.3 is 18.9 Å². The minimum absolute atomic E-state index is 0.409. The average molecular weight is 403 g/mol. The highest BCUT2D eigenvalue weighted by molar-refractivity contribution is 5.46. The van der Waals surface area contributed by atoms with E-state index in [-0.39, 0.29) is 0 Å². The molecule has 1 saturated heterocycles. The quantitative estimate of drug-likeness (QED) is 0.601. The van der Waals surface area contributed by atoms with Crippen molar-refractivity contribution in [2.75, 3.05) is 31.7 Å². The molecule has 7 heteroatoms. The second kappa shape index (κ2) is 9.31. The molecule has 2 aromatic heterocycles. The lowest BCUT2D eigenvalue weighted by Gasteiger charge is -2.33. The monoisotopic (exact) mass is 403 g/mol. The van der Waals surface area contributed by atoms with Gasteiger partial charge in [0, 0.05) is 50.2 Å². The first-order valence-corrected chi connectivity index (χ1v) is 10.1. The number of pyridine rings is 1. The van der Waals surface area contributed by atoms with Gasteiger partial charge in [0.05, 0.1) is 31.7 Å². The summed E-state index contributed by atoms with van der Waals surface area (Å²) in [6.07, 6.45) is 9.71. The summed E-state index contributed by atoms with van der Waals surface area (Å²) in [4.78, 5) is 11.1. The molecule has 0 amide bonds. The molecule has 154 valence electrons. The molecule has 3 heterocycles. The Morgan fingerprint density at radius 1 is 1.23 bits per heavy atom. The number of rotatable bonds is 7. The van der Waals surface area contributed by atoms with Crippen molar-refractivity contribution in [2.24, 2.45) is 5.92 Å². The van der Waals surface area contributed by atoms with Gasteiger partial charge in [-0.15, -0.1) is 0 Å². The van der Waals surface area contributed by atoms with Crippen LogP contribution in [0.25, 0.3) is 0 Å². The van der Waals surface area contributed by atoms with Crippen LogP contribution in [0.3, 0.4) is 0 Å². The van der Waals surface area contributed by atoms with Crippen molar-refractivity contribution in [3.63, 3.8) is 0 Å². The van der Waals surface area contributed by atoms with Crippen molar-refractivity contribution >= 4 is 5.82 Å². The normalized spacial score (nSPS) is 16.1. The highest BCUT2D eigenvalue weighted by Crippen LogP contribution is 2.29. The molecular formula is C23H25N5O2. The van der Waals surface area contributed by atoms with Crippen LogP contribution < -0.4 is 14.4 Å². The molecule has 1 aliphatic heterocycles. The lowest BCUT2D eigenvalue weighted by atomic mass is 9.99. The first kappa shape index (κ1) is 19.8. The summed E-state index contributed by atoms with van der Waals surface area (Å²) in [6.45, 7) is 3.30. The smallest absolute Gasteiger partial charge is 0.162 e. The predicted molar refractivity (Wildman–Crippen MR) is 114 cm³/mol. The molecule has 0 spiro atoms. The number of ether oxygens (including phenoxy) is 2. The fourth-order valence-electron chi connectivity index (χ4n) is 3.76. The Bertz CT molecular complexity index is 995. The molecule has 1 unspecified atom stereocenters. The van der Waals surface area contributed by atoms with E-state index in [2.05, 4.69) is 33.1 Å². The fourth-order valence-corrected chi connectivity index (χ4v) is 3.76. The minimum Gasteiger partial charge on any atom is -0.493 e. The Kier molecular flexibility index (Phi) is 6.14. The van der Waals surface area contributed by atoms with E-state index >= 15 is 0 Å². The number of hydrogen-bond acceptors (Lipinski definition) is 6. The summed E-state index contributed by atoms with van der Waals surface area (Å²) in [6, 6.07) is 11.6. The zero-order chi connectivity index (χ0) is 20.8. The standard InChI is InChI=1S/C23H25N5O2/c1-29-22-11-18(12-24)4-6-21(22)30-16-20-3-2-9-28(15-20)23-7-5-19(13-26-23)14-27-10-8-25-17-27/h4-8,10-11,13,17,20H,2-3,9,14-16H2,1H3. The van der Waals surface area contributed by atoms with E-state index in [4.69, 9.17) is 14.7 Å². The van der Waals surface area contributed by atoms with Gasteiger partial charge in [0.1, 0.15) is 5.82 Å². The Morgan fingerprint density at radius 2 is 2.17 bits per heavy atom. The molecule has 1 fully saturated rings. The van der Waals surface area contributed by atoms with Gasteiger partial charge in [0.15, 0.2) is 11.5 Å². The molecular weight excluding hydrogens is 378 g/mol. The van der Waals surface area contributed by atoms with Crippen LogP contribution in [0, 0.1) is 17.2 Å². The van der Waals surface area contributed by atoms with Crippen molar-refractivity contribution in [3.05, 3.63) is 66.4 Å². The molecule has 4 rings (SSSR count). The molecule has 0 bridgehead atoms. The van der Waals surface area contributed by atoms with Gasteiger partial charge in [-0.25, -0.2) is 9.97 Å². The molecule has 7 nitrogen and oxygen atoms in total. The number of hydrogen-bond donors (Lipinski definition) is 0. The van der Waals surface area contributed by atoms with E-state index in [0.717, 1.165) is 43.9 Å². The first-order chi connectivity index (χ1) is 14.7. The zero-order valence-corrected chi connectivity index (χ0v) is 17.1. The number of benzene rings is 1. The lowest BCUT2D eigenvalue weighted by molar-refractivity contribution is 0.220. The van der Waals surface area contributed by atoms with Gasteiger partial charge >= 0.3 is 0 Å². The maximum absolute atomic E-state index is 9.04. The molecule has 1 aromatic carbocycles. The Hall–Kier alpha value is -3.53. The number of anilines is 1. The van der Waals surface area contributed by atoms with Gasteiger partial charge in [0.2, 0.25) is 0 Å². The molecule has 1 atom stereocenters. The summed E-state index contributed by atoms with van der Waals surface area (Å²) in [5.41, 5.74) is 1.71. The topological polar surface area (TPSA) is 76.2 Å². The van der Waals surface area contributed by atoms with Crippen LogP contribution in [-0.4, -0.2) is 41.3 Å². The summed E-state index contributed by atoms with van der Waals surface area (Å²) < 4.78 is 13.4. The van der Waals surface area contributed by atoms with E-state index in [0.29, 0.717) is 29.6 Å². The van der Waals surface area contributed by atoms with E-state index in [1.165, 1.54) is 0 Å². The largest absolute Gasteiger partial charge is 0.493 e. The number of aromatic nitrogens is 3. The Balaban J connectivity index is 1.35. The molecule has 1 aliphatic rings. The fraction of sp³-hybridized carbons (Fsp3) is 0.348. The summed E-state index contributed by atoms with van der Waals surface area (Å²) >= 11 is 0. The van der Waals surface area contributed by atoms with Crippen LogP contribution in [0.2, 0.25) is 0 Å². The highest BCUT2D eigenvalue weighted by Gasteiger charge is 2.22. The maximum Gasteiger partial charge on any atom is 0.162 e. The zero-order valence-electron chi connectivity index (χ0n) is 17.1. The lowest BCUT2D eigenvalue weighted by Crippen LogP contribution is -2.38. The van der Waals surface area contributed by atoms with Crippen LogP contribution >= 0.6 is 0 Å². The molecule has 0 N–H and O–H groups in total. The van der Waals surface area contributed by atoms with Gasteiger partial charge in [0.25, 0.3) is 0 Å². The average Bonchev–Trinajstić information content (AvgIpc) is 3.31. The third kappa shape index (κ3) is 4.71. The third-order valence-electron chi connectivity index (χ3n) is 5.34. The predicted octanol–water partition coefficient (Wildman–Crippen LogP) is 3.50. The molecule has 0 radical (unpaired) electrons. The summed E-state index contributed by atoms with van der Waals surface area (Å²) in [5.74, 6) is 2.68. The van der Waals surface area contributed by atoms with Crippen molar-refractivity contribution in [1.82, 2.24) is 14.5 Å². The SMILES string of the molecule is COc1cc(C#N)ccc1OCC1CCCN(c2ccc(Cn3ccnc3)cn2)C1. The number of nitrogens with zero attached hydrogens (tertiary/aromatic N) is 5. The van der Waals surface area contributed by atoms with Crippen molar-refractivity contribution in [2.45, 2.75) is 19.4 Å². The molecule has 0 aliphatic carbocycles. The number of methoxy groups -OCH3 is 1. The van der Waals surface area contributed by atoms with Crippen LogP contribution in [0.4, 0.5) is 5.82 Å². The van der Waals surface area contributed by atoms with Gasteiger partial charge in [-0.3, -0.25) is 0 Å². The summed E-state index contributed by atoms with van der Waals surface area (Å²) in [5, 5.41) is 9.04. The van der Waals surface area contributed by atoms with Crippen molar-refractivity contribution < 1.29 is 9.47 Å². The number of piperidine rings is 1. The van der Waals surface area contributed by atoms with Crippen LogP contribution in [-0.2, 0) is 6.54 Å². The first-order valence-electron chi connectivity index (χ1n) is 10.1. The Morgan fingerprint density at radius 3 is 2.90 bits per heavy atom. The highest BCUT2D eigenvalue weighted by atomic mass is 16.5. The van der Waals surface area contributed by atoms with Crippen molar-refractivity contribution in [3.8, 4) is 17.6 Å². The maximum atomic E-state index is 9.04. The van der Waals surface area contributed by atoms with E-state index < -0.39 is 0 Å². The number of imidazole rings is 1. The van der Waals surface area contributed by atoms with Crippen LogP contribution in [0.15, 0.2) is 55.2 Å². The second-order valence-electron chi connectivity index (χ2n) is 7.50. The molecule has 0 saturated carbocycles. The Labute approximate surface area is 176 Å². The van der Waals surface area contributed by atoms with Crippen LogP contribution in [0.5, 0.6) is 11.5 Å². The van der Waals surface area contributed by atoms with Crippen LogP contribution in [0.1, 0.15) is 24.0 Å². The van der Waals surface area contributed by atoms with Gasteiger partial charge in [-0.05, 0) is 36.6 Å². The third-order valence-corrected chi connectivity index (χ3v) is 5.34. The second-order valence-corrected chi connectivity index (χ2v) is 7.50. The number of nitriles is 1. The minimum atomic E-state index is 0.409. The molecule has 3 aromatic rings. The van der Waals surface area contributed by atoms with E-state index in [1.807, 2.05) is 23.3 Å². The van der Waals surface area contributed by atoms with E-state index in [1.54, 1.807) is 31.5 Å². The van der Waals surface area contributed by atoms with E-state index in [9.17, 15) is 0 Å². The van der Waals surface area contributed by atoms with Crippen molar-refractivity contribution in [1.29, 1.82) is 5.26 Å².